The Balaban J connectivity index is 2.02. The molecule has 0 aliphatic rings. The minimum atomic E-state index is -0.550. The summed E-state index contributed by atoms with van der Waals surface area (Å²) in [6.07, 6.45) is 1.33. The average Bonchev–Trinajstić information content (AvgIpc) is 2.78. The molecule has 0 unspecified atom stereocenters. The van der Waals surface area contributed by atoms with E-state index in [1.807, 2.05) is 56.3 Å². The number of likely N-dealkylation sites (N-methyl/N-ethyl adjacent to an activating group) is 1. The van der Waals surface area contributed by atoms with Crippen molar-refractivity contribution in [2.45, 2.75) is 45.7 Å². The van der Waals surface area contributed by atoms with Crippen molar-refractivity contribution in [3.05, 3.63) is 59.1 Å². The Morgan fingerprint density at radius 2 is 1.74 bits per heavy atom. The van der Waals surface area contributed by atoms with E-state index >= 15 is 0 Å². The molecule has 31 heavy (non-hydrogen) atoms. The van der Waals surface area contributed by atoms with Crippen LogP contribution in [0.1, 0.15) is 38.7 Å². The molecule has 0 aromatic heterocycles. The normalized spacial score (nSPS) is 11.5. The molecule has 2 amide bonds. The first-order chi connectivity index (χ1) is 15.0. The predicted octanol–water partition coefficient (Wildman–Crippen LogP) is 4.45. The number of rotatable bonds is 12. The number of halogens is 1. The first kappa shape index (κ1) is 24.5. The number of carbonyl (C=O) groups excluding carboxylic acids is 2. The minimum Gasteiger partial charge on any atom is -0.497 e. The summed E-state index contributed by atoms with van der Waals surface area (Å²) in [6, 6.07) is 14.1. The van der Waals surface area contributed by atoms with Gasteiger partial charge >= 0.3 is 0 Å². The highest BCUT2D eigenvalue weighted by molar-refractivity contribution is 6.31. The Morgan fingerprint density at radius 1 is 1.06 bits per heavy atom. The summed E-state index contributed by atoms with van der Waals surface area (Å²) in [6.45, 7) is 4.96. The Kier molecular flexibility index (Phi) is 10.2. The number of nitrogens with one attached hydrogen (secondary N) is 1. The van der Waals surface area contributed by atoms with Crippen molar-refractivity contribution in [3.63, 3.8) is 0 Å². The molecule has 0 aliphatic heterocycles. The number of amides is 2. The maximum atomic E-state index is 13.1. The third-order valence-corrected chi connectivity index (χ3v) is 5.27. The van der Waals surface area contributed by atoms with E-state index in [0.717, 1.165) is 17.1 Å². The number of hydrogen-bond donors (Lipinski definition) is 1. The van der Waals surface area contributed by atoms with Gasteiger partial charge in [0.2, 0.25) is 11.8 Å². The van der Waals surface area contributed by atoms with Crippen molar-refractivity contribution in [2.75, 3.05) is 20.3 Å². The number of benzene rings is 2. The lowest BCUT2D eigenvalue weighted by atomic mass is 10.1. The lowest BCUT2D eigenvalue weighted by Crippen LogP contribution is -2.49. The molecule has 6 nitrogen and oxygen atoms in total. The van der Waals surface area contributed by atoms with E-state index in [0.29, 0.717) is 31.0 Å². The standard InChI is InChI=1S/C24H31ClN2O4/c1-4-22(24(29)26-5-2)27(17-18-9-6-7-10-21(18)25)23(28)11-8-16-31-20-14-12-19(30-3)13-15-20/h6-7,9-10,12-15,22H,4-5,8,11,16-17H2,1-3H3,(H,26,29)/t22-/m1/s1. The molecule has 1 atom stereocenters. The zero-order valence-electron chi connectivity index (χ0n) is 18.4. The summed E-state index contributed by atoms with van der Waals surface area (Å²) in [5.41, 5.74) is 0.815. The molecule has 0 spiro atoms. The van der Waals surface area contributed by atoms with Gasteiger partial charge in [-0.05, 0) is 55.7 Å². The Morgan fingerprint density at radius 3 is 2.35 bits per heavy atom. The maximum absolute atomic E-state index is 13.1. The van der Waals surface area contributed by atoms with Crippen LogP contribution in [-0.2, 0) is 16.1 Å². The number of carbonyl (C=O) groups is 2. The van der Waals surface area contributed by atoms with Crippen molar-refractivity contribution < 1.29 is 19.1 Å². The smallest absolute Gasteiger partial charge is 0.242 e. The number of hydrogen-bond acceptors (Lipinski definition) is 4. The molecule has 168 valence electrons. The quantitative estimate of drug-likeness (QED) is 0.489. The van der Waals surface area contributed by atoms with Gasteiger partial charge in [-0.25, -0.2) is 0 Å². The third-order valence-electron chi connectivity index (χ3n) is 4.90. The first-order valence-corrected chi connectivity index (χ1v) is 10.9. The summed E-state index contributed by atoms with van der Waals surface area (Å²) in [5.74, 6) is 1.22. The van der Waals surface area contributed by atoms with Gasteiger partial charge in [0.15, 0.2) is 0 Å². The molecule has 0 radical (unpaired) electrons. The summed E-state index contributed by atoms with van der Waals surface area (Å²) in [5, 5.41) is 3.41. The van der Waals surface area contributed by atoms with Crippen LogP contribution in [-0.4, -0.2) is 43.0 Å². The second kappa shape index (κ2) is 12.8. The van der Waals surface area contributed by atoms with Gasteiger partial charge in [-0.1, -0.05) is 36.7 Å². The second-order valence-electron chi connectivity index (χ2n) is 7.06. The van der Waals surface area contributed by atoms with Gasteiger partial charge < -0.3 is 19.7 Å². The maximum Gasteiger partial charge on any atom is 0.242 e. The topological polar surface area (TPSA) is 67.9 Å². The first-order valence-electron chi connectivity index (χ1n) is 10.6. The highest BCUT2D eigenvalue weighted by Gasteiger charge is 2.28. The average molecular weight is 447 g/mol. The molecule has 0 fully saturated rings. The van der Waals surface area contributed by atoms with Crippen LogP contribution >= 0.6 is 11.6 Å². The minimum absolute atomic E-state index is 0.101. The highest BCUT2D eigenvalue weighted by Crippen LogP contribution is 2.21. The molecule has 7 heteroatoms. The van der Waals surface area contributed by atoms with E-state index < -0.39 is 6.04 Å². The van der Waals surface area contributed by atoms with Crippen molar-refractivity contribution >= 4 is 23.4 Å². The fraction of sp³-hybridized carbons (Fsp3) is 0.417. The van der Waals surface area contributed by atoms with Crippen LogP contribution in [0.3, 0.4) is 0 Å². The lowest BCUT2D eigenvalue weighted by Gasteiger charge is -2.31. The number of methoxy groups -OCH3 is 1. The monoisotopic (exact) mass is 446 g/mol. The van der Waals surface area contributed by atoms with E-state index in [-0.39, 0.29) is 24.8 Å². The Hall–Kier alpha value is -2.73. The number of nitrogens with zero attached hydrogens (tertiary/aromatic N) is 1. The van der Waals surface area contributed by atoms with Crippen LogP contribution in [0, 0.1) is 0 Å². The van der Waals surface area contributed by atoms with Crippen molar-refractivity contribution in [2.24, 2.45) is 0 Å². The van der Waals surface area contributed by atoms with E-state index in [1.54, 1.807) is 18.1 Å². The van der Waals surface area contributed by atoms with E-state index in [1.165, 1.54) is 0 Å². The van der Waals surface area contributed by atoms with Gasteiger partial charge in [0, 0.05) is 24.5 Å². The highest BCUT2D eigenvalue weighted by atomic mass is 35.5. The molecule has 0 aliphatic carbocycles. The van der Waals surface area contributed by atoms with Crippen LogP contribution in [0.2, 0.25) is 5.02 Å². The summed E-state index contributed by atoms with van der Waals surface area (Å²) in [4.78, 5) is 27.3. The van der Waals surface area contributed by atoms with E-state index in [2.05, 4.69) is 5.32 Å². The molecule has 0 saturated carbocycles. The van der Waals surface area contributed by atoms with Crippen molar-refractivity contribution in [1.82, 2.24) is 10.2 Å². The van der Waals surface area contributed by atoms with Gasteiger partial charge in [0.05, 0.1) is 13.7 Å². The Bertz CT molecular complexity index is 842. The fourth-order valence-electron chi connectivity index (χ4n) is 3.25. The molecule has 1 N–H and O–H groups in total. The van der Waals surface area contributed by atoms with Gasteiger partial charge in [0.25, 0.3) is 0 Å². The summed E-state index contributed by atoms with van der Waals surface area (Å²) in [7, 11) is 1.61. The molecule has 0 saturated heterocycles. The largest absolute Gasteiger partial charge is 0.497 e. The zero-order chi connectivity index (χ0) is 22.6. The van der Waals surface area contributed by atoms with Crippen molar-refractivity contribution in [3.8, 4) is 11.5 Å². The molecule has 0 heterocycles. The van der Waals surface area contributed by atoms with Crippen LogP contribution < -0.4 is 14.8 Å². The summed E-state index contributed by atoms with van der Waals surface area (Å²) < 4.78 is 10.9. The van der Waals surface area contributed by atoms with Crippen LogP contribution in [0.4, 0.5) is 0 Å². The molecule has 0 bridgehead atoms. The molecule has 2 aromatic carbocycles. The van der Waals surface area contributed by atoms with Crippen LogP contribution in [0.5, 0.6) is 11.5 Å². The number of ether oxygens (including phenoxy) is 2. The lowest BCUT2D eigenvalue weighted by molar-refractivity contribution is -0.141. The van der Waals surface area contributed by atoms with Gasteiger partial charge in [0.1, 0.15) is 17.5 Å². The summed E-state index contributed by atoms with van der Waals surface area (Å²) >= 11 is 6.31. The fourth-order valence-corrected chi connectivity index (χ4v) is 3.45. The van der Waals surface area contributed by atoms with Crippen LogP contribution in [0.25, 0.3) is 0 Å². The van der Waals surface area contributed by atoms with Gasteiger partial charge in [-0.3, -0.25) is 9.59 Å². The van der Waals surface area contributed by atoms with Crippen molar-refractivity contribution in [1.29, 1.82) is 0 Å². The van der Waals surface area contributed by atoms with E-state index in [9.17, 15) is 9.59 Å². The van der Waals surface area contributed by atoms with E-state index in [4.69, 9.17) is 21.1 Å². The van der Waals surface area contributed by atoms with Gasteiger partial charge in [-0.15, -0.1) is 0 Å². The third kappa shape index (κ3) is 7.47. The molecule has 2 aromatic rings. The molecular formula is C24H31ClN2O4. The zero-order valence-corrected chi connectivity index (χ0v) is 19.2. The predicted molar refractivity (Wildman–Crippen MR) is 122 cm³/mol. The van der Waals surface area contributed by atoms with Crippen LogP contribution in [0.15, 0.2) is 48.5 Å². The molecular weight excluding hydrogens is 416 g/mol. The Labute approximate surface area is 189 Å². The van der Waals surface area contributed by atoms with Gasteiger partial charge in [-0.2, -0.15) is 0 Å². The molecule has 2 rings (SSSR count). The second-order valence-corrected chi connectivity index (χ2v) is 7.47. The SMILES string of the molecule is CCNC(=O)[C@@H](CC)N(Cc1ccccc1Cl)C(=O)CCCOc1ccc(OC)cc1.